The number of rotatable bonds is 6. The van der Waals surface area contributed by atoms with Crippen LogP contribution in [-0.4, -0.2) is 35.0 Å². The molecule has 3 unspecified atom stereocenters. The molecule has 4 nitrogen and oxygen atoms in total. The van der Waals surface area contributed by atoms with Crippen molar-refractivity contribution in [3.63, 3.8) is 0 Å². The number of hydrogen-bond donors (Lipinski definition) is 2. The van der Waals surface area contributed by atoms with Crippen molar-refractivity contribution in [1.82, 2.24) is 10.2 Å². The number of fused-ring (bicyclic) bond motifs is 1. The Morgan fingerprint density at radius 2 is 1.53 bits per heavy atom. The molecule has 1 saturated heterocycles. The summed E-state index contributed by atoms with van der Waals surface area (Å²) in [6.45, 7) is 3.03. The average Bonchev–Trinajstić information content (AvgIpc) is 3.24. The van der Waals surface area contributed by atoms with Gasteiger partial charge in [-0.05, 0) is 35.8 Å². The minimum absolute atomic E-state index is 0.00168. The normalized spacial score (nSPS) is 28.5. The Bertz CT molecular complexity index is 853. The van der Waals surface area contributed by atoms with Crippen LogP contribution >= 0.6 is 0 Å². The lowest BCUT2D eigenvalue weighted by atomic mass is 9.73. The van der Waals surface area contributed by atoms with Crippen LogP contribution in [0.3, 0.4) is 0 Å². The van der Waals surface area contributed by atoms with Crippen molar-refractivity contribution in [3.8, 4) is 0 Å². The first-order valence-corrected chi connectivity index (χ1v) is 11.5. The Balaban J connectivity index is 1.24. The van der Waals surface area contributed by atoms with Gasteiger partial charge in [0.25, 0.3) is 5.91 Å². The van der Waals surface area contributed by atoms with E-state index >= 15 is 0 Å². The van der Waals surface area contributed by atoms with Crippen LogP contribution in [0.4, 0.5) is 0 Å². The fourth-order valence-electron chi connectivity index (χ4n) is 5.82. The number of carbonyl (C=O) groups excluding carboxylic acids is 1. The highest BCUT2D eigenvalue weighted by Crippen LogP contribution is 2.47. The molecule has 2 N–H and O–H groups in total. The molecule has 3 fully saturated rings. The molecule has 0 radical (unpaired) electrons. The monoisotopic (exact) mass is 404 g/mol. The van der Waals surface area contributed by atoms with Gasteiger partial charge >= 0.3 is 0 Å². The van der Waals surface area contributed by atoms with Crippen LogP contribution in [0.2, 0.25) is 0 Å². The average molecular weight is 405 g/mol. The standard InChI is InChI=1S/C26H32N2O2/c29-25(26(30,20-12-6-2-7-13-20)21-14-8-3-9-15-21)27-24-22-17-28(18-23(22)24)16-19-10-4-1-5-11-19/h1-2,4-7,10-13,21-24,30H,3,8-9,14-18H2,(H,27,29)/t22-,23?,24?,26?/m0/s1. The quantitative estimate of drug-likeness (QED) is 0.772. The van der Waals surface area contributed by atoms with Crippen LogP contribution in [0.15, 0.2) is 60.7 Å². The zero-order valence-electron chi connectivity index (χ0n) is 17.5. The highest BCUT2D eigenvalue weighted by molar-refractivity contribution is 5.87. The minimum Gasteiger partial charge on any atom is -0.375 e. The Kier molecular flexibility index (Phi) is 5.38. The zero-order chi connectivity index (χ0) is 20.6. The molecule has 0 aromatic heterocycles. The topological polar surface area (TPSA) is 52.6 Å². The summed E-state index contributed by atoms with van der Waals surface area (Å²) in [5, 5.41) is 15.0. The number of nitrogens with zero attached hydrogens (tertiary/aromatic N) is 1. The Morgan fingerprint density at radius 3 is 2.17 bits per heavy atom. The lowest BCUT2D eigenvalue weighted by molar-refractivity contribution is -0.149. The predicted octanol–water partition coefficient (Wildman–Crippen LogP) is 3.70. The number of amides is 1. The maximum absolute atomic E-state index is 13.4. The smallest absolute Gasteiger partial charge is 0.257 e. The van der Waals surface area contributed by atoms with E-state index in [1.54, 1.807) is 0 Å². The van der Waals surface area contributed by atoms with Crippen molar-refractivity contribution >= 4 is 5.91 Å². The van der Waals surface area contributed by atoms with E-state index in [4.69, 9.17) is 0 Å². The van der Waals surface area contributed by atoms with E-state index in [0.29, 0.717) is 11.8 Å². The highest BCUT2D eigenvalue weighted by atomic mass is 16.3. The van der Waals surface area contributed by atoms with Crippen LogP contribution < -0.4 is 5.32 Å². The molecule has 2 aromatic rings. The summed E-state index contributed by atoms with van der Waals surface area (Å²) in [5.74, 6) is 0.851. The van der Waals surface area contributed by atoms with Crippen molar-refractivity contribution in [2.45, 2.75) is 50.3 Å². The molecule has 158 valence electrons. The molecule has 4 heteroatoms. The number of likely N-dealkylation sites (tertiary alicyclic amines) is 1. The molecule has 4 atom stereocenters. The number of hydrogen-bond acceptors (Lipinski definition) is 3. The molecule has 1 aliphatic heterocycles. The molecule has 5 rings (SSSR count). The van der Waals surface area contributed by atoms with E-state index < -0.39 is 5.60 Å². The van der Waals surface area contributed by atoms with Gasteiger partial charge in [0.15, 0.2) is 5.60 Å². The van der Waals surface area contributed by atoms with E-state index in [0.717, 1.165) is 50.9 Å². The van der Waals surface area contributed by atoms with Gasteiger partial charge in [-0.3, -0.25) is 9.69 Å². The highest BCUT2D eigenvalue weighted by Gasteiger charge is 2.58. The van der Waals surface area contributed by atoms with Gasteiger partial charge in [0.05, 0.1) is 0 Å². The lowest BCUT2D eigenvalue weighted by Gasteiger charge is -2.38. The number of benzene rings is 2. The van der Waals surface area contributed by atoms with Crippen molar-refractivity contribution in [2.24, 2.45) is 17.8 Å². The minimum atomic E-state index is -1.41. The summed E-state index contributed by atoms with van der Waals surface area (Å²) < 4.78 is 0. The Morgan fingerprint density at radius 1 is 0.933 bits per heavy atom. The third-order valence-electron chi connectivity index (χ3n) is 7.57. The van der Waals surface area contributed by atoms with Crippen LogP contribution in [0.25, 0.3) is 0 Å². The third kappa shape index (κ3) is 3.67. The number of nitrogens with one attached hydrogen (secondary N) is 1. The zero-order valence-corrected chi connectivity index (χ0v) is 17.5. The van der Waals surface area contributed by atoms with Gasteiger partial charge in [0, 0.05) is 31.6 Å². The van der Waals surface area contributed by atoms with Crippen molar-refractivity contribution < 1.29 is 9.90 Å². The largest absolute Gasteiger partial charge is 0.375 e. The van der Waals surface area contributed by atoms with Gasteiger partial charge in [-0.1, -0.05) is 79.9 Å². The molecule has 2 saturated carbocycles. The molecular formula is C26H32N2O2. The molecule has 2 aliphatic carbocycles. The number of piperidine rings is 1. The third-order valence-corrected chi connectivity index (χ3v) is 7.57. The van der Waals surface area contributed by atoms with Crippen molar-refractivity contribution in [1.29, 1.82) is 0 Å². The second-order valence-electron chi connectivity index (χ2n) is 9.47. The molecule has 0 bridgehead atoms. The van der Waals surface area contributed by atoms with Gasteiger partial charge in [0.2, 0.25) is 0 Å². The van der Waals surface area contributed by atoms with Gasteiger partial charge in [-0.2, -0.15) is 0 Å². The molecule has 0 spiro atoms. The second-order valence-corrected chi connectivity index (χ2v) is 9.47. The SMILES string of the molecule is O=C(NC1C2CN(Cc3ccccc3)C[C@@H]21)C(O)(c1ccccc1)C1CCCCC1. The molecule has 1 amide bonds. The fraction of sp³-hybridized carbons (Fsp3) is 0.500. The summed E-state index contributed by atoms with van der Waals surface area (Å²) in [6.07, 6.45) is 5.22. The maximum Gasteiger partial charge on any atom is 0.257 e. The molecule has 30 heavy (non-hydrogen) atoms. The number of aliphatic hydroxyl groups is 1. The summed E-state index contributed by atoms with van der Waals surface area (Å²) >= 11 is 0. The second kappa shape index (κ2) is 8.16. The van der Waals surface area contributed by atoms with Crippen LogP contribution in [0.1, 0.15) is 43.2 Å². The van der Waals surface area contributed by atoms with Crippen molar-refractivity contribution in [3.05, 3.63) is 71.8 Å². The molecule has 3 aliphatic rings. The maximum atomic E-state index is 13.4. The number of carbonyl (C=O) groups is 1. The van der Waals surface area contributed by atoms with Gasteiger partial charge in [-0.25, -0.2) is 0 Å². The lowest BCUT2D eigenvalue weighted by Crippen LogP contribution is -2.51. The fourth-order valence-corrected chi connectivity index (χ4v) is 5.82. The molecular weight excluding hydrogens is 372 g/mol. The Hall–Kier alpha value is -2.17. The first kappa shape index (κ1) is 19.8. The van der Waals surface area contributed by atoms with E-state index in [9.17, 15) is 9.90 Å². The van der Waals surface area contributed by atoms with Crippen LogP contribution in [-0.2, 0) is 16.9 Å². The Labute approximate surface area is 179 Å². The summed E-state index contributed by atoms with van der Waals surface area (Å²) in [6, 6.07) is 20.4. The first-order chi connectivity index (χ1) is 14.7. The van der Waals surface area contributed by atoms with Crippen molar-refractivity contribution in [2.75, 3.05) is 13.1 Å². The molecule has 1 heterocycles. The van der Waals surface area contributed by atoms with E-state index in [1.165, 1.54) is 12.0 Å². The first-order valence-electron chi connectivity index (χ1n) is 11.5. The van der Waals surface area contributed by atoms with Gasteiger partial charge < -0.3 is 10.4 Å². The van der Waals surface area contributed by atoms with E-state index in [2.05, 4.69) is 40.5 Å². The summed E-state index contributed by atoms with van der Waals surface area (Å²) in [7, 11) is 0. The van der Waals surface area contributed by atoms with Gasteiger partial charge in [0.1, 0.15) is 0 Å². The van der Waals surface area contributed by atoms with E-state index in [1.807, 2.05) is 30.3 Å². The predicted molar refractivity (Wildman–Crippen MR) is 118 cm³/mol. The summed E-state index contributed by atoms with van der Waals surface area (Å²) in [5.41, 5.74) is 0.670. The summed E-state index contributed by atoms with van der Waals surface area (Å²) in [4.78, 5) is 15.9. The van der Waals surface area contributed by atoms with Crippen LogP contribution in [0.5, 0.6) is 0 Å². The van der Waals surface area contributed by atoms with Gasteiger partial charge in [-0.15, -0.1) is 0 Å². The molecule has 2 aromatic carbocycles. The van der Waals surface area contributed by atoms with E-state index in [-0.39, 0.29) is 17.9 Å². The van der Waals surface area contributed by atoms with Crippen LogP contribution in [0, 0.1) is 17.8 Å².